The van der Waals surface area contributed by atoms with Gasteiger partial charge in [0.2, 0.25) is 5.95 Å². The van der Waals surface area contributed by atoms with Gasteiger partial charge in [0.05, 0.1) is 0 Å². The Morgan fingerprint density at radius 3 is 2.53 bits per heavy atom. The minimum atomic E-state index is 0.200. The Bertz CT molecular complexity index is 280. The quantitative estimate of drug-likeness (QED) is 0.750. The van der Waals surface area contributed by atoms with Crippen LogP contribution in [0.5, 0.6) is 0 Å². The molecule has 1 aromatic rings. The molecule has 0 spiro atoms. The molecule has 4 heteroatoms. The van der Waals surface area contributed by atoms with Crippen LogP contribution in [-0.4, -0.2) is 22.6 Å². The van der Waals surface area contributed by atoms with E-state index in [1.54, 1.807) is 6.20 Å². The van der Waals surface area contributed by atoms with Gasteiger partial charge in [0.1, 0.15) is 0 Å². The molecule has 1 rings (SSSR count). The van der Waals surface area contributed by atoms with Crippen LogP contribution in [0.25, 0.3) is 0 Å². The summed E-state index contributed by atoms with van der Waals surface area (Å²) in [5, 5.41) is 3.36. The van der Waals surface area contributed by atoms with Crippen molar-refractivity contribution in [2.45, 2.75) is 26.7 Å². The summed E-state index contributed by atoms with van der Waals surface area (Å²) in [5.74, 6) is 0.912. The summed E-state index contributed by atoms with van der Waals surface area (Å²) in [6, 6.07) is 0. The van der Waals surface area contributed by atoms with E-state index in [0.29, 0.717) is 0 Å². The Hall–Kier alpha value is -1.03. The van der Waals surface area contributed by atoms with E-state index < -0.39 is 0 Å². The Morgan fingerprint density at radius 1 is 1.47 bits per heavy atom. The van der Waals surface area contributed by atoms with Gasteiger partial charge in [-0.3, -0.25) is 0 Å². The molecular weight excluding hydrogens is 188 g/mol. The van der Waals surface area contributed by atoms with Gasteiger partial charge in [-0.15, -0.1) is 0 Å². The van der Waals surface area contributed by atoms with E-state index >= 15 is 0 Å². The first kappa shape index (κ1) is 12.0. The Labute approximate surface area is 91.9 Å². The number of aromatic nitrogens is 2. The fourth-order valence-corrected chi connectivity index (χ4v) is 1.66. The number of imidazole rings is 1. The van der Waals surface area contributed by atoms with Crippen LogP contribution < -0.4 is 11.1 Å². The van der Waals surface area contributed by atoms with Crippen molar-refractivity contribution in [3.8, 4) is 0 Å². The van der Waals surface area contributed by atoms with E-state index in [4.69, 9.17) is 5.73 Å². The topological polar surface area (TPSA) is 55.9 Å². The van der Waals surface area contributed by atoms with Crippen molar-refractivity contribution in [3.05, 3.63) is 12.4 Å². The lowest BCUT2D eigenvalue weighted by Gasteiger charge is -2.30. The van der Waals surface area contributed by atoms with E-state index in [1.807, 2.05) is 17.8 Å². The van der Waals surface area contributed by atoms with Crippen molar-refractivity contribution in [1.29, 1.82) is 0 Å². The number of rotatable bonds is 6. The third-order valence-electron chi connectivity index (χ3n) is 3.38. The fraction of sp³-hybridized carbons (Fsp3) is 0.727. The summed E-state index contributed by atoms with van der Waals surface area (Å²) in [7, 11) is 1.98. The number of nitrogens with one attached hydrogen (secondary N) is 1. The highest BCUT2D eigenvalue weighted by atomic mass is 15.2. The molecule has 0 fully saturated rings. The van der Waals surface area contributed by atoms with Gasteiger partial charge >= 0.3 is 0 Å². The molecule has 0 aliphatic carbocycles. The van der Waals surface area contributed by atoms with Gasteiger partial charge in [-0.05, 0) is 24.8 Å². The van der Waals surface area contributed by atoms with Crippen LogP contribution in [0.1, 0.15) is 26.7 Å². The molecule has 0 radical (unpaired) electrons. The van der Waals surface area contributed by atoms with Crippen molar-refractivity contribution >= 4 is 5.95 Å². The maximum atomic E-state index is 5.84. The summed E-state index contributed by atoms with van der Waals surface area (Å²) in [6.45, 7) is 5.99. The molecular formula is C11H22N4. The minimum Gasteiger partial charge on any atom is -0.355 e. The lowest BCUT2D eigenvalue weighted by molar-refractivity contribution is 0.294. The van der Waals surface area contributed by atoms with Crippen molar-refractivity contribution < 1.29 is 0 Å². The summed E-state index contributed by atoms with van der Waals surface area (Å²) < 4.78 is 1.98. The molecule has 1 heterocycles. The normalized spacial score (nSPS) is 11.7. The van der Waals surface area contributed by atoms with Gasteiger partial charge in [-0.1, -0.05) is 13.8 Å². The van der Waals surface area contributed by atoms with E-state index in [2.05, 4.69) is 24.1 Å². The van der Waals surface area contributed by atoms with Gasteiger partial charge in [-0.25, -0.2) is 4.98 Å². The first-order valence-corrected chi connectivity index (χ1v) is 5.58. The Kier molecular flexibility index (Phi) is 4.15. The Balaban J connectivity index is 2.58. The first-order chi connectivity index (χ1) is 7.17. The Morgan fingerprint density at radius 2 is 2.13 bits per heavy atom. The smallest absolute Gasteiger partial charge is 0.202 e. The molecule has 0 amide bonds. The van der Waals surface area contributed by atoms with Gasteiger partial charge in [-0.2, -0.15) is 0 Å². The maximum Gasteiger partial charge on any atom is 0.202 e. The predicted octanol–water partition coefficient (Wildman–Crippen LogP) is 1.60. The van der Waals surface area contributed by atoms with Crippen LogP contribution in [0.4, 0.5) is 5.95 Å². The average Bonchev–Trinajstić information content (AvgIpc) is 2.67. The zero-order chi connectivity index (χ0) is 11.3. The summed E-state index contributed by atoms with van der Waals surface area (Å²) in [6.07, 6.45) is 5.92. The van der Waals surface area contributed by atoms with Gasteiger partial charge in [0, 0.05) is 26.0 Å². The maximum absolute atomic E-state index is 5.84. The third-order valence-corrected chi connectivity index (χ3v) is 3.38. The first-order valence-electron chi connectivity index (χ1n) is 5.58. The van der Waals surface area contributed by atoms with Crippen LogP contribution >= 0.6 is 0 Å². The molecule has 0 aliphatic rings. The van der Waals surface area contributed by atoms with Gasteiger partial charge in [0.15, 0.2) is 0 Å². The van der Waals surface area contributed by atoms with E-state index in [1.165, 1.54) is 0 Å². The number of anilines is 1. The zero-order valence-electron chi connectivity index (χ0n) is 9.95. The van der Waals surface area contributed by atoms with E-state index in [9.17, 15) is 0 Å². The molecule has 0 atom stereocenters. The zero-order valence-corrected chi connectivity index (χ0v) is 9.95. The lowest BCUT2D eigenvalue weighted by atomic mass is 9.82. The molecule has 0 aliphatic heterocycles. The van der Waals surface area contributed by atoms with Crippen molar-refractivity contribution in [1.82, 2.24) is 9.55 Å². The molecule has 3 N–H and O–H groups in total. The van der Waals surface area contributed by atoms with Gasteiger partial charge in [0.25, 0.3) is 0 Å². The van der Waals surface area contributed by atoms with E-state index in [0.717, 1.165) is 31.9 Å². The molecule has 0 aromatic carbocycles. The largest absolute Gasteiger partial charge is 0.355 e. The SMILES string of the molecule is CCC(CC)(CN)CNc1nccn1C. The third kappa shape index (κ3) is 2.72. The molecule has 0 saturated heterocycles. The van der Waals surface area contributed by atoms with Gasteiger partial charge < -0.3 is 15.6 Å². The molecule has 0 unspecified atom stereocenters. The second-order valence-corrected chi connectivity index (χ2v) is 4.13. The van der Waals surface area contributed by atoms with Crippen molar-refractivity contribution in [3.63, 3.8) is 0 Å². The summed E-state index contributed by atoms with van der Waals surface area (Å²) >= 11 is 0. The average molecular weight is 210 g/mol. The van der Waals surface area contributed by atoms with Crippen LogP contribution in [0, 0.1) is 5.41 Å². The number of nitrogens with two attached hydrogens (primary N) is 1. The number of nitrogens with zero attached hydrogens (tertiary/aromatic N) is 2. The van der Waals surface area contributed by atoms with Crippen LogP contribution in [-0.2, 0) is 7.05 Å². The highest BCUT2D eigenvalue weighted by Gasteiger charge is 2.24. The molecule has 86 valence electrons. The summed E-state index contributed by atoms with van der Waals surface area (Å²) in [5.41, 5.74) is 6.04. The lowest BCUT2D eigenvalue weighted by Crippen LogP contribution is -2.36. The second-order valence-electron chi connectivity index (χ2n) is 4.13. The van der Waals surface area contributed by atoms with E-state index in [-0.39, 0.29) is 5.41 Å². The fourth-order valence-electron chi connectivity index (χ4n) is 1.66. The standard InChI is InChI=1S/C11H22N4/c1-4-11(5-2,8-12)9-14-10-13-6-7-15(10)3/h6-7H,4-5,8-9,12H2,1-3H3,(H,13,14). The predicted molar refractivity (Wildman–Crippen MR) is 63.8 cm³/mol. The number of hydrogen-bond donors (Lipinski definition) is 2. The molecule has 4 nitrogen and oxygen atoms in total. The highest BCUT2D eigenvalue weighted by Crippen LogP contribution is 2.24. The van der Waals surface area contributed by atoms with Crippen LogP contribution in [0.2, 0.25) is 0 Å². The molecule has 0 saturated carbocycles. The molecule has 0 bridgehead atoms. The molecule has 1 aromatic heterocycles. The van der Waals surface area contributed by atoms with Crippen LogP contribution in [0.3, 0.4) is 0 Å². The monoisotopic (exact) mass is 210 g/mol. The number of hydrogen-bond acceptors (Lipinski definition) is 3. The summed E-state index contributed by atoms with van der Waals surface area (Å²) in [4.78, 5) is 4.23. The minimum absolute atomic E-state index is 0.200. The second kappa shape index (κ2) is 5.16. The number of aryl methyl sites for hydroxylation is 1. The molecule has 15 heavy (non-hydrogen) atoms. The van der Waals surface area contributed by atoms with Crippen molar-refractivity contribution in [2.75, 3.05) is 18.4 Å². The van der Waals surface area contributed by atoms with Crippen molar-refractivity contribution in [2.24, 2.45) is 18.2 Å². The highest BCUT2D eigenvalue weighted by molar-refractivity contribution is 5.25. The van der Waals surface area contributed by atoms with Crippen LogP contribution in [0.15, 0.2) is 12.4 Å².